The average Bonchev–Trinajstić information content (AvgIpc) is 2.84. The molecule has 2 saturated carbocycles. The van der Waals surface area contributed by atoms with Crippen LogP contribution in [0.15, 0.2) is 48.5 Å². The van der Waals surface area contributed by atoms with E-state index in [9.17, 15) is 0 Å². The lowest BCUT2D eigenvalue weighted by Crippen LogP contribution is -2.16. The SMILES string of the molecule is CCC[C@H]1CC[C@H](c2ccc(-c3ccc(CC[C@H]4CC[C@H](CCl)CC4)cc3)cc2)CC1. The standard InChI is InChI=1S/C30H41Cl/c1-2-3-23-10-14-27(15-11-23)29-18-20-30(21-19-29)28-16-12-25(13-17-28)5-4-24-6-8-26(22-31)9-7-24/h12-13,16-21,23-24,26-27H,2-11,14-15,22H2,1H3/t23-,24-,26-,27-. The molecular weight excluding hydrogens is 396 g/mol. The van der Waals surface area contributed by atoms with Crippen LogP contribution in [-0.2, 0) is 6.42 Å². The van der Waals surface area contributed by atoms with Crippen LogP contribution in [0.25, 0.3) is 11.1 Å². The summed E-state index contributed by atoms with van der Waals surface area (Å²) in [5.41, 5.74) is 5.75. The van der Waals surface area contributed by atoms with Gasteiger partial charge in [0.1, 0.15) is 0 Å². The molecule has 0 amide bonds. The van der Waals surface area contributed by atoms with Gasteiger partial charge in [-0.15, -0.1) is 11.6 Å². The first kappa shape index (κ1) is 22.9. The fourth-order valence-corrected chi connectivity index (χ4v) is 6.36. The van der Waals surface area contributed by atoms with Crippen LogP contribution in [-0.4, -0.2) is 5.88 Å². The molecule has 168 valence electrons. The molecule has 0 bridgehead atoms. The second-order valence-electron chi connectivity index (χ2n) is 10.4. The Kier molecular flexibility index (Phi) is 8.54. The van der Waals surface area contributed by atoms with Gasteiger partial charge in [0.2, 0.25) is 0 Å². The van der Waals surface area contributed by atoms with E-state index in [0.29, 0.717) is 0 Å². The van der Waals surface area contributed by atoms with E-state index in [0.717, 1.165) is 29.6 Å². The molecule has 2 aliphatic carbocycles. The predicted molar refractivity (Wildman–Crippen MR) is 136 cm³/mol. The highest BCUT2D eigenvalue weighted by Gasteiger charge is 2.22. The number of benzene rings is 2. The lowest BCUT2D eigenvalue weighted by Gasteiger charge is -2.28. The molecule has 1 heteroatoms. The van der Waals surface area contributed by atoms with Crippen molar-refractivity contribution in [2.24, 2.45) is 17.8 Å². The van der Waals surface area contributed by atoms with Gasteiger partial charge in [-0.3, -0.25) is 0 Å². The molecule has 2 aromatic rings. The lowest BCUT2D eigenvalue weighted by atomic mass is 9.77. The van der Waals surface area contributed by atoms with Crippen molar-refractivity contribution in [3.8, 4) is 11.1 Å². The smallest absolute Gasteiger partial charge is 0.0251 e. The van der Waals surface area contributed by atoms with E-state index in [2.05, 4.69) is 55.5 Å². The van der Waals surface area contributed by atoms with Crippen molar-refractivity contribution in [1.29, 1.82) is 0 Å². The zero-order valence-corrected chi connectivity index (χ0v) is 20.3. The molecule has 2 fully saturated rings. The highest BCUT2D eigenvalue weighted by atomic mass is 35.5. The summed E-state index contributed by atoms with van der Waals surface area (Å²) in [6.07, 6.45) is 16.4. The van der Waals surface area contributed by atoms with Gasteiger partial charge in [0.15, 0.2) is 0 Å². The summed E-state index contributed by atoms with van der Waals surface area (Å²) >= 11 is 6.03. The molecule has 0 unspecified atom stereocenters. The van der Waals surface area contributed by atoms with E-state index >= 15 is 0 Å². The lowest BCUT2D eigenvalue weighted by molar-refractivity contribution is 0.280. The van der Waals surface area contributed by atoms with E-state index in [1.54, 1.807) is 5.56 Å². The van der Waals surface area contributed by atoms with Crippen LogP contribution in [0.3, 0.4) is 0 Å². The topological polar surface area (TPSA) is 0 Å². The van der Waals surface area contributed by atoms with E-state index in [1.807, 2.05) is 0 Å². The van der Waals surface area contributed by atoms with Crippen LogP contribution < -0.4 is 0 Å². The maximum Gasteiger partial charge on any atom is 0.0251 e. The minimum Gasteiger partial charge on any atom is -0.126 e. The molecule has 31 heavy (non-hydrogen) atoms. The van der Waals surface area contributed by atoms with E-state index < -0.39 is 0 Å². The van der Waals surface area contributed by atoms with Gasteiger partial charge in [-0.05, 0) is 97.3 Å². The molecule has 0 heterocycles. The summed E-state index contributed by atoms with van der Waals surface area (Å²) in [4.78, 5) is 0. The number of alkyl halides is 1. The van der Waals surface area contributed by atoms with E-state index in [1.165, 1.54) is 93.7 Å². The third-order valence-corrected chi connectivity index (χ3v) is 8.68. The quantitative estimate of drug-likeness (QED) is 0.361. The Labute approximate surface area is 195 Å². The molecule has 0 nitrogen and oxygen atoms in total. The second-order valence-corrected chi connectivity index (χ2v) is 10.7. The van der Waals surface area contributed by atoms with Crippen LogP contribution >= 0.6 is 11.6 Å². The maximum absolute atomic E-state index is 6.03. The zero-order valence-electron chi connectivity index (χ0n) is 19.5. The largest absolute Gasteiger partial charge is 0.126 e. The minimum absolute atomic E-state index is 0.777. The Morgan fingerprint density at radius 3 is 1.74 bits per heavy atom. The summed E-state index contributed by atoms with van der Waals surface area (Å²) in [7, 11) is 0. The molecule has 4 rings (SSSR count). The predicted octanol–water partition coefficient (Wildman–Crippen LogP) is 9.41. The molecule has 0 saturated heterocycles. The van der Waals surface area contributed by atoms with E-state index in [4.69, 9.17) is 11.6 Å². The molecule has 0 atom stereocenters. The van der Waals surface area contributed by atoms with Crippen molar-refractivity contribution >= 4 is 11.6 Å². The van der Waals surface area contributed by atoms with Gasteiger partial charge in [0.25, 0.3) is 0 Å². The van der Waals surface area contributed by atoms with Gasteiger partial charge < -0.3 is 0 Å². The first-order chi connectivity index (χ1) is 15.2. The number of hydrogen-bond acceptors (Lipinski definition) is 0. The summed E-state index contributed by atoms with van der Waals surface area (Å²) in [6, 6.07) is 18.8. The summed E-state index contributed by atoms with van der Waals surface area (Å²) in [5, 5.41) is 0. The van der Waals surface area contributed by atoms with Crippen LogP contribution in [0, 0.1) is 17.8 Å². The van der Waals surface area contributed by atoms with Crippen LogP contribution in [0.5, 0.6) is 0 Å². The molecule has 0 N–H and O–H groups in total. The third-order valence-electron chi connectivity index (χ3n) is 8.24. The van der Waals surface area contributed by atoms with Crippen molar-refractivity contribution in [2.75, 3.05) is 5.88 Å². The van der Waals surface area contributed by atoms with Crippen LogP contribution in [0.1, 0.15) is 94.6 Å². The van der Waals surface area contributed by atoms with Crippen molar-refractivity contribution in [3.63, 3.8) is 0 Å². The number of hydrogen-bond donors (Lipinski definition) is 0. The average molecular weight is 437 g/mol. The Bertz CT molecular complexity index is 759. The number of rotatable bonds is 8. The van der Waals surface area contributed by atoms with Gasteiger partial charge in [-0.1, -0.05) is 81.1 Å². The van der Waals surface area contributed by atoms with Crippen molar-refractivity contribution in [2.45, 2.75) is 89.9 Å². The highest BCUT2D eigenvalue weighted by molar-refractivity contribution is 6.18. The third kappa shape index (κ3) is 6.38. The minimum atomic E-state index is 0.777. The summed E-state index contributed by atoms with van der Waals surface area (Å²) in [5.74, 6) is 4.31. The molecule has 0 spiro atoms. The van der Waals surface area contributed by atoms with Gasteiger partial charge in [0, 0.05) is 5.88 Å². The first-order valence-corrected chi connectivity index (χ1v) is 13.5. The zero-order chi connectivity index (χ0) is 21.5. The normalized spacial score (nSPS) is 26.6. The van der Waals surface area contributed by atoms with Crippen molar-refractivity contribution in [3.05, 3.63) is 59.7 Å². The Morgan fingerprint density at radius 2 is 1.16 bits per heavy atom. The Hall–Kier alpha value is -1.27. The van der Waals surface area contributed by atoms with Crippen molar-refractivity contribution < 1.29 is 0 Å². The number of halogens is 1. The molecule has 2 aliphatic rings. The van der Waals surface area contributed by atoms with Crippen LogP contribution in [0.4, 0.5) is 0 Å². The second kappa shape index (κ2) is 11.6. The van der Waals surface area contributed by atoms with Gasteiger partial charge in [-0.25, -0.2) is 0 Å². The Morgan fingerprint density at radius 1 is 0.645 bits per heavy atom. The number of aryl methyl sites for hydroxylation is 1. The van der Waals surface area contributed by atoms with Gasteiger partial charge in [0.05, 0.1) is 0 Å². The van der Waals surface area contributed by atoms with Crippen molar-refractivity contribution in [1.82, 2.24) is 0 Å². The fourth-order valence-electron chi connectivity index (χ4n) is 6.05. The highest BCUT2D eigenvalue weighted by Crippen LogP contribution is 2.38. The Balaban J connectivity index is 1.27. The first-order valence-electron chi connectivity index (χ1n) is 13.0. The molecular formula is C30H41Cl. The van der Waals surface area contributed by atoms with Gasteiger partial charge >= 0.3 is 0 Å². The summed E-state index contributed by atoms with van der Waals surface area (Å²) < 4.78 is 0. The fraction of sp³-hybridized carbons (Fsp3) is 0.600. The van der Waals surface area contributed by atoms with Crippen LogP contribution in [0.2, 0.25) is 0 Å². The maximum atomic E-state index is 6.03. The molecule has 0 radical (unpaired) electrons. The van der Waals surface area contributed by atoms with Gasteiger partial charge in [-0.2, -0.15) is 0 Å². The monoisotopic (exact) mass is 436 g/mol. The molecule has 0 aromatic heterocycles. The molecule has 0 aliphatic heterocycles. The van der Waals surface area contributed by atoms with E-state index in [-0.39, 0.29) is 0 Å². The molecule has 2 aromatic carbocycles. The summed E-state index contributed by atoms with van der Waals surface area (Å²) in [6.45, 7) is 2.32.